The number of amides is 1. The molecule has 0 aromatic heterocycles. The molecule has 178 valence electrons. The molecule has 0 radical (unpaired) electrons. The monoisotopic (exact) mass is 508 g/mol. The van der Waals surface area contributed by atoms with E-state index in [0.29, 0.717) is 44.5 Å². The number of nitrogens with one attached hydrogen (secondary N) is 1. The zero-order valence-corrected chi connectivity index (χ0v) is 20.5. The van der Waals surface area contributed by atoms with Gasteiger partial charge in [-0.3, -0.25) is 4.79 Å². The highest BCUT2D eigenvalue weighted by atomic mass is 35.5. The average Bonchev–Trinajstić information content (AvgIpc) is 3.22. The zero-order valence-electron chi connectivity index (χ0n) is 18.9. The van der Waals surface area contributed by atoms with Crippen molar-refractivity contribution < 1.29 is 23.8 Å². The van der Waals surface area contributed by atoms with Crippen molar-refractivity contribution in [3.05, 3.63) is 93.3 Å². The summed E-state index contributed by atoms with van der Waals surface area (Å²) in [5.41, 5.74) is 2.46. The molecule has 0 saturated carbocycles. The molecule has 1 amide bonds. The molecule has 0 aliphatic carbocycles. The van der Waals surface area contributed by atoms with Crippen molar-refractivity contribution in [1.29, 1.82) is 0 Å². The fourth-order valence-electron chi connectivity index (χ4n) is 3.23. The average molecular weight is 509 g/mol. The van der Waals surface area contributed by atoms with Crippen LogP contribution in [0.15, 0.2) is 76.6 Å². The minimum Gasteiger partial charge on any atom is -0.493 e. The Kier molecular flexibility index (Phi) is 7.74. The van der Waals surface area contributed by atoms with Gasteiger partial charge in [-0.25, -0.2) is 9.79 Å². The summed E-state index contributed by atoms with van der Waals surface area (Å²) in [6, 6.07) is 19.6. The molecule has 1 fully saturated rings. The van der Waals surface area contributed by atoms with E-state index in [1.54, 1.807) is 49.6 Å². The maximum absolute atomic E-state index is 12.5. The van der Waals surface area contributed by atoms with Gasteiger partial charge in [0.25, 0.3) is 5.91 Å². The lowest BCUT2D eigenvalue weighted by atomic mass is 10.2. The smallest absolute Gasteiger partial charge is 0.340 e. The number of nitrogens with zero attached hydrogens (tertiary/aromatic N) is 1. The number of ether oxygens (including phenoxy) is 3. The Balaban J connectivity index is 1.50. The third kappa shape index (κ3) is 6.03. The molecule has 1 aliphatic heterocycles. The van der Waals surface area contributed by atoms with Gasteiger partial charge in [-0.2, -0.15) is 0 Å². The first kappa shape index (κ1) is 24.4. The summed E-state index contributed by atoms with van der Waals surface area (Å²) >= 11 is 7.10. The van der Waals surface area contributed by atoms with Crippen LogP contribution in [0.1, 0.15) is 21.5 Å². The first-order valence-electron chi connectivity index (χ1n) is 10.5. The summed E-state index contributed by atoms with van der Waals surface area (Å²) in [4.78, 5) is 29.4. The van der Waals surface area contributed by atoms with E-state index in [4.69, 9.17) is 25.8 Å². The number of carbonyl (C=O) groups excluding carboxylic acids is 2. The second-order valence-electron chi connectivity index (χ2n) is 7.32. The fraction of sp³-hybridized carbons (Fsp3) is 0.115. The minimum atomic E-state index is -0.500. The van der Waals surface area contributed by atoms with Crippen LogP contribution < -0.4 is 14.8 Å². The molecule has 7 nitrogen and oxygen atoms in total. The first-order chi connectivity index (χ1) is 17.0. The molecule has 4 rings (SSSR count). The number of esters is 1. The maximum Gasteiger partial charge on any atom is 0.340 e. The van der Waals surface area contributed by atoms with Crippen LogP contribution in [0.4, 0.5) is 5.69 Å². The van der Waals surface area contributed by atoms with Gasteiger partial charge in [0.1, 0.15) is 6.61 Å². The van der Waals surface area contributed by atoms with E-state index in [1.165, 1.54) is 18.9 Å². The van der Waals surface area contributed by atoms with Gasteiger partial charge in [0, 0.05) is 5.02 Å². The normalized spacial score (nSPS) is 15.2. The van der Waals surface area contributed by atoms with Gasteiger partial charge in [-0.05, 0) is 65.4 Å². The van der Waals surface area contributed by atoms with Crippen molar-refractivity contribution in [3.63, 3.8) is 0 Å². The first-order valence-corrected chi connectivity index (χ1v) is 11.7. The number of methoxy groups -OCH3 is 2. The predicted molar refractivity (Wildman–Crippen MR) is 137 cm³/mol. The lowest BCUT2D eigenvalue weighted by molar-refractivity contribution is -0.115. The number of halogens is 1. The van der Waals surface area contributed by atoms with Crippen molar-refractivity contribution in [1.82, 2.24) is 5.32 Å². The molecule has 0 spiro atoms. The summed E-state index contributed by atoms with van der Waals surface area (Å²) < 4.78 is 16.2. The Bertz CT molecular complexity index is 1320. The second-order valence-corrected chi connectivity index (χ2v) is 8.78. The van der Waals surface area contributed by atoms with Crippen LogP contribution >= 0.6 is 23.4 Å². The quantitative estimate of drug-likeness (QED) is 0.330. The van der Waals surface area contributed by atoms with E-state index in [0.717, 1.165) is 11.1 Å². The zero-order chi connectivity index (χ0) is 24.8. The van der Waals surface area contributed by atoms with E-state index >= 15 is 0 Å². The van der Waals surface area contributed by atoms with Crippen LogP contribution in [0.5, 0.6) is 11.5 Å². The Morgan fingerprint density at radius 3 is 2.57 bits per heavy atom. The van der Waals surface area contributed by atoms with Crippen molar-refractivity contribution in [2.45, 2.75) is 6.61 Å². The minimum absolute atomic E-state index is 0.286. The molecule has 9 heteroatoms. The van der Waals surface area contributed by atoms with Gasteiger partial charge in [0.15, 0.2) is 16.7 Å². The molecule has 1 N–H and O–H groups in total. The van der Waals surface area contributed by atoms with Crippen LogP contribution in [0.2, 0.25) is 5.02 Å². The number of carbonyl (C=O) groups is 2. The van der Waals surface area contributed by atoms with E-state index in [1.807, 2.05) is 30.3 Å². The second kappa shape index (κ2) is 11.1. The Morgan fingerprint density at radius 2 is 1.83 bits per heavy atom. The van der Waals surface area contributed by atoms with E-state index in [-0.39, 0.29) is 5.91 Å². The largest absolute Gasteiger partial charge is 0.493 e. The Labute approximate surface area is 211 Å². The molecule has 0 atom stereocenters. The number of benzene rings is 3. The summed E-state index contributed by atoms with van der Waals surface area (Å²) in [6.45, 7) is 0.360. The van der Waals surface area contributed by atoms with Crippen LogP contribution in [0.3, 0.4) is 0 Å². The predicted octanol–water partition coefficient (Wildman–Crippen LogP) is 5.61. The van der Waals surface area contributed by atoms with E-state index in [9.17, 15) is 9.59 Å². The van der Waals surface area contributed by atoms with Crippen LogP contribution in [-0.2, 0) is 16.1 Å². The van der Waals surface area contributed by atoms with Crippen LogP contribution in [0, 0.1) is 0 Å². The number of hydrogen-bond acceptors (Lipinski definition) is 7. The molecule has 1 heterocycles. The van der Waals surface area contributed by atoms with Gasteiger partial charge in [-0.15, -0.1) is 0 Å². The number of amidine groups is 1. The molecule has 0 bridgehead atoms. The highest BCUT2D eigenvalue weighted by Crippen LogP contribution is 2.33. The number of para-hydroxylation sites is 1. The molecular weight excluding hydrogens is 488 g/mol. The number of hydrogen-bond donors (Lipinski definition) is 1. The highest BCUT2D eigenvalue weighted by Gasteiger charge is 2.25. The molecule has 1 aliphatic rings. The number of aliphatic imine (C=N–C) groups is 1. The number of thioether (sulfide) groups is 1. The van der Waals surface area contributed by atoms with E-state index < -0.39 is 5.97 Å². The van der Waals surface area contributed by atoms with Crippen LogP contribution in [0.25, 0.3) is 6.08 Å². The SMILES string of the molecule is COC(=O)c1ccccc1N=C1NC(=O)/C(=C/c2ccc(OCc3ccc(Cl)cc3)c(OC)c2)S1. The molecule has 1 saturated heterocycles. The van der Waals surface area contributed by atoms with Gasteiger partial charge < -0.3 is 19.5 Å². The summed E-state index contributed by atoms with van der Waals surface area (Å²) in [7, 11) is 2.86. The summed E-state index contributed by atoms with van der Waals surface area (Å²) in [5, 5.41) is 3.76. The molecular formula is C26H21ClN2O5S. The standard InChI is InChI=1S/C26H21ClN2O5S/c1-32-22-13-17(9-12-21(22)34-15-16-7-10-18(27)11-8-16)14-23-24(30)29-26(35-23)28-20-6-4-3-5-19(20)25(31)33-2/h3-14H,15H2,1-2H3,(H,28,29,30)/b23-14-. The number of rotatable bonds is 7. The van der Waals surface area contributed by atoms with Gasteiger partial charge in [0.05, 0.1) is 30.4 Å². The van der Waals surface area contributed by atoms with Gasteiger partial charge >= 0.3 is 5.97 Å². The molecule has 3 aromatic rings. The summed E-state index contributed by atoms with van der Waals surface area (Å²) in [5.74, 6) is 0.333. The van der Waals surface area contributed by atoms with Crippen molar-refractivity contribution in [2.24, 2.45) is 4.99 Å². The summed E-state index contributed by atoms with van der Waals surface area (Å²) in [6.07, 6.45) is 1.74. The fourth-order valence-corrected chi connectivity index (χ4v) is 4.19. The van der Waals surface area contributed by atoms with E-state index in [2.05, 4.69) is 10.3 Å². The van der Waals surface area contributed by atoms with Crippen molar-refractivity contribution >= 4 is 52.2 Å². The van der Waals surface area contributed by atoms with Gasteiger partial charge in [0.2, 0.25) is 0 Å². The van der Waals surface area contributed by atoms with Crippen LogP contribution in [-0.4, -0.2) is 31.3 Å². The molecule has 35 heavy (non-hydrogen) atoms. The van der Waals surface area contributed by atoms with Crippen molar-refractivity contribution in [3.8, 4) is 11.5 Å². The maximum atomic E-state index is 12.5. The van der Waals surface area contributed by atoms with Crippen molar-refractivity contribution in [2.75, 3.05) is 14.2 Å². The third-order valence-electron chi connectivity index (χ3n) is 4.98. The third-order valence-corrected chi connectivity index (χ3v) is 6.14. The Morgan fingerprint density at radius 1 is 1.06 bits per heavy atom. The topological polar surface area (TPSA) is 86.2 Å². The molecule has 3 aromatic carbocycles. The van der Waals surface area contributed by atoms with Gasteiger partial charge in [-0.1, -0.05) is 41.9 Å². The highest BCUT2D eigenvalue weighted by molar-refractivity contribution is 8.18. The molecule has 0 unspecified atom stereocenters. The Hall–Kier alpha value is -3.75. The lowest BCUT2D eigenvalue weighted by Gasteiger charge is -2.11. The lowest BCUT2D eigenvalue weighted by Crippen LogP contribution is -2.19.